The Morgan fingerprint density at radius 1 is 1.53 bits per heavy atom. The summed E-state index contributed by atoms with van der Waals surface area (Å²) in [6.45, 7) is 4.02. The molecule has 3 N–H and O–H groups in total. The number of nitrogens with two attached hydrogens (primary N) is 1. The van der Waals surface area contributed by atoms with Gasteiger partial charge in [-0.2, -0.15) is 0 Å². The van der Waals surface area contributed by atoms with Crippen molar-refractivity contribution in [1.29, 1.82) is 0 Å². The van der Waals surface area contributed by atoms with Crippen LogP contribution in [0, 0.1) is 5.82 Å². The molecule has 2 atom stereocenters. The van der Waals surface area contributed by atoms with E-state index in [1.165, 1.54) is 18.2 Å². The number of rotatable bonds is 6. The molecule has 0 saturated heterocycles. The van der Waals surface area contributed by atoms with Gasteiger partial charge in [0.05, 0.1) is 4.47 Å². The number of carbonyl (C=O) groups is 1. The Kier molecular flexibility index (Phi) is 6.24. The average Bonchev–Trinajstić information content (AvgIpc) is 2.32. The predicted molar refractivity (Wildman–Crippen MR) is 75.5 cm³/mol. The number of nitrogens with one attached hydrogen (secondary N) is 1. The summed E-state index contributed by atoms with van der Waals surface area (Å²) in [4.78, 5) is 11.7. The summed E-state index contributed by atoms with van der Waals surface area (Å²) in [6.07, 6.45) is 0.0495. The van der Waals surface area contributed by atoms with Gasteiger partial charge in [0.1, 0.15) is 11.6 Å². The second kappa shape index (κ2) is 7.45. The van der Waals surface area contributed by atoms with E-state index in [0.717, 1.165) is 0 Å². The molecule has 1 amide bonds. The first-order chi connectivity index (χ1) is 8.90. The minimum Gasteiger partial charge on any atom is -0.480 e. The van der Waals surface area contributed by atoms with Crippen LogP contribution >= 0.6 is 15.9 Å². The SMILES string of the molecule is CC(N)CCNC(=O)C(C)Oc1ccc(F)cc1Br. The molecule has 106 valence electrons. The number of carbonyl (C=O) groups excluding carboxylic acids is 1. The van der Waals surface area contributed by atoms with Crippen LogP contribution in [0.2, 0.25) is 0 Å². The Morgan fingerprint density at radius 3 is 2.79 bits per heavy atom. The van der Waals surface area contributed by atoms with Gasteiger partial charge in [-0.1, -0.05) is 0 Å². The monoisotopic (exact) mass is 332 g/mol. The van der Waals surface area contributed by atoms with E-state index in [-0.39, 0.29) is 17.8 Å². The Bertz CT molecular complexity index is 441. The van der Waals surface area contributed by atoms with Crippen LogP contribution in [0.15, 0.2) is 22.7 Å². The van der Waals surface area contributed by atoms with Gasteiger partial charge in [0.25, 0.3) is 5.91 Å². The molecule has 1 rings (SSSR count). The van der Waals surface area contributed by atoms with E-state index in [1.54, 1.807) is 6.92 Å². The molecule has 0 aromatic heterocycles. The van der Waals surface area contributed by atoms with Crippen molar-refractivity contribution >= 4 is 21.8 Å². The van der Waals surface area contributed by atoms with Crippen LogP contribution in [0.25, 0.3) is 0 Å². The summed E-state index contributed by atoms with van der Waals surface area (Å²) >= 11 is 3.18. The van der Waals surface area contributed by atoms with Gasteiger partial charge in [-0.15, -0.1) is 0 Å². The molecule has 19 heavy (non-hydrogen) atoms. The van der Waals surface area contributed by atoms with Crippen LogP contribution in [0.4, 0.5) is 4.39 Å². The maximum absolute atomic E-state index is 12.9. The van der Waals surface area contributed by atoms with Gasteiger partial charge in [-0.3, -0.25) is 4.79 Å². The first kappa shape index (κ1) is 15.9. The number of amides is 1. The first-order valence-electron chi connectivity index (χ1n) is 6.05. The van der Waals surface area contributed by atoms with Gasteiger partial charge < -0.3 is 15.8 Å². The molecule has 0 saturated carbocycles. The fraction of sp³-hybridized carbons (Fsp3) is 0.462. The molecule has 0 aliphatic heterocycles. The van der Waals surface area contributed by atoms with Crippen molar-refractivity contribution in [2.75, 3.05) is 6.54 Å². The molecule has 2 unspecified atom stereocenters. The maximum atomic E-state index is 12.9. The van der Waals surface area contributed by atoms with Crippen molar-refractivity contribution in [3.05, 3.63) is 28.5 Å². The Balaban J connectivity index is 2.49. The lowest BCUT2D eigenvalue weighted by molar-refractivity contribution is -0.127. The lowest BCUT2D eigenvalue weighted by Crippen LogP contribution is -2.38. The van der Waals surface area contributed by atoms with E-state index in [9.17, 15) is 9.18 Å². The Hall–Kier alpha value is -1.14. The van der Waals surface area contributed by atoms with Gasteiger partial charge in [-0.25, -0.2) is 4.39 Å². The maximum Gasteiger partial charge on any atom is 0.260 e. The zero-order valence-corrected chi connectivity index (χ0v) is 12.5. The van der Waals surface area contributed by atoms with Gasteiger partial charge >= 0.3 is 0 Å². The van der Waals surface area contributed by atoms with Crippen LogP contribution in [0.3, 0.4) is 0 Å². The lowest BCUT2D eigenvalue weighted by atomic mass is 10.2. The van der Waals surface area contributed by atoms with Crippen molar-refractivity contribution in [2.24, 2.45) is 5.73 Å². The fourth-order valence-electron chi connectivity index (χ4n) is 1.38. The van der Waals surface area contributed by atoms with E-state index in [0.29, 0.717) is 23.2 Å². The van der Waals surface area contributed by atoms with E-state index in [4.69, 9.17) is 10.5 Å². The predicted octanol–water partition coefficient (Wildman–Crippen LogP) is 2.21. The Labute approximate surface area is 120 Å². The first-order valence-corrected chi connectivity index (χ1v) is 6.84. The fourth-order valence-corrected chi connectivity index (χ4v) is 1.83. The summed E-state index contributed by atoms with van der Waals surface area (Å²) < 4.78 is 18.8. The normalized spacial score (nSPS) is 13.7. The van der Waals surface area contributed by atoms with Gasteiger partial charge in [0.15, 0.2) is 6.10 Å². The molecule has 0 bridgehead atoms. The number of hydrogen-bond donors (Lipinski definition) is 2. The molecule has 0 fully saturated rings. The molecular formula is C13H18BrFN2O2. The quantitative estimate of drug-likeness (QED) is 0.839. The highest BCUT2D eigenvalue weighted by Crippen LogP contribution is 2.26. The summed E-state index contributed by atoms with van der Waals surface area (Å²) in [5.74, 6) is -0.165. The molecule has 6 heteroatoms. The third kappa shape index (κ3) is 5.57. The zero-order valence-electron chi connectivity index (χ0n) is 11.0. The number of ether oxygens (including phenoxy) is 1. The summed E-state index contributed by atoms with van der Waals surface area (Å²) in [6, 6.07) is 4.09. The van der Waals surface area contributed by atoms with Crippen molar-refractivity contribution in [2.45, 2.75) is 32.4 Å². The standard InChI is InChI=1S/C13H18BrFN2O2/c1-8(16)5-6-17-13(18)9(2)19-12-4-3-10(15)7-11(12)14/h3-4,7-9H,5-6,16H2,1-2H3,(H,17,18). The van der Waals surface area contributed by atoms with E-state index < -0.39 is 6.10 Å². The molecule has 0 radical (unpaired) electrons. The Morgan fingerprint density at radius 2 is 2.21 bits per heavy atom. The molecule has 0 aliphatic rings. The van der Waals surface area contributed by atoms with E-state index in [2.05, 4.69) is 21.2 Å². The molecule has 0 spiro atoms. The minimum atomic E-state index is -0.658. The lowest BCUT2D eigenvalue weighted by Gasteiger charge is -2.16. The van der Waals surface area contributed by atoms with E-state index in [1.807, 2.05) is 6.92 Å². The van der Waals surface area contributed by atoms with Crippen molar-refractivity contribution in [3.63, 3.8) is 0 Å². The topological polar surface area (TPSA) is 64.3 Å². The highest BCUT2D eigenvalue weighted by atomic mass is 79.9. The van der Waals surface area contributed by atoms with Crippen LogP contribution < -0.4 is 15.8 Å². The molecule has 1 aromatic carbocycles. The minimum absolute atomic E-state index is 0.0442. The summed E-state index contributed by atoms with van der Waals surface area (Å²) in [5, 5.41) is 2.73. The van der Waals surface area contributed by atoms with Crippen molar-refractivity contribution in [3.8, 4) is 5.75 Å². The number of benzene rings is 1. The highest BCUT2D eigenvalue weighted by Gasteiger charge is 2.15. The summed E-state index contributed by atoms with van der Waals surface area (Å²) in [5.41, 5.74) is 5.59. The number of hydrogen-bond acceptors (Lipinski definition) is 3. The van der Waals surface area contributed by atoms with Crippen molar-refractivity contribution in [1.82, 2.24) is 5.32 Å². The van der Waals surface area contributed by atoms with Crippen LogP contribution in [0.1, 0.15) is 20.3 Å². The van der Waals surface area contributed by atoms with Gasteiger partial charge in [0, 0.05) is 12.6 Å². The second-order valence-electron chi connectivity index (χ2n) is 4.39. The smallest absolute Gasteiger partial charge is 0.260 e. The third-order valence-corrected chi connectivity index (χ3v) is 3.09. The molecule has 0 aliphatic carbocycles. The van der Waals surface area contributed by atoms with Crippen LogP contribution in [-0.4, -0.2) is 24.6 Å². The van der Waals surface area contributed by atoms with E-state index >= 15 is 0 Å². The molecule has 1 aromatic rings. The number of halogens is 2. The third-order valence-electron chi connectivity index (χ3n) is 2.47. The summed E-state index contributed by atoms with van der Waals surface area (Å²) in [7, 11) is 0. The largest absolute Gasteiger partial charge is 0.480 e. The molecule has 0 heterocycles. The zero-order chi connectivity index (χ0) is 14.4. The highest BCUT2D eigenvalue weighted by molar-refractivity contribution is 9.10. The van der Waals surface area contributed by atoms with Crippen LogP contribution in [0.5, 0.6) is 5.75 Å². The molecule has 4 nitrogen and oxygen atoms in total. The average molecular weight is 333 g/mol. The van der Waals surface area contributed by atoms with Crippen molar-refractivity contribution < 1.29 is 13.9 Å². The van der Waals surface area contributed by atoms with Crippen LogP contribution in [-0.2, 0) is 4.79 Å². The van der Waals surface area contributed by atoms with Gasteiger partial charge in [0.2, 0.25) is 0 Å². The van der Waals surface area contributed by atoms with Gasteiger partial charge in [-0.05, 0) is 54.4 Å². The molecular weight excluding hydrogens is 315 g/mol. The second-order valence-corrected chi connectivity index (χ2v) is 5.25.